The number of nitrogens with zero attached hydrogens (tertiary/aromatic N) is 7. The summed E-state index contributed by atoms with van der Waals surface area (Å²) in [6, 6.07) is 4.83. The number of likely N-dealkylation sites (N-methyl/N-ethyl adjacent to an activating group) is 1. The Labute approximate surface area is 378 Å². The maximum Gasteiger partial charge on any atom is 0.410 e. The molecule has 2 aromatic heterocycles. The van der Waals surface area contributed by atoms with Gasteiger partial charge in [0.15, 0.2) is 24.3 Å². The zero-order valence-electron chi connectivity index (χ0n) is 38.1. The molecular weight excluding hydrogens is 878 g/mol. The second-order valence-corrected chi connectivity index (χ2v) is 19.5. The topological polar surface area (TPSA) is 189 Å². The molecule has 1 N–H and O–H groups in total. The molecule has 0 aliphatic carbocycles. The molecule has 0 radical (unpaired) electrons. The smallest absolute Gasteiger partial charge is 0.410 e. The van der Waals surface area contributed by atoms with E-state index in [4.69, 9.17) is 38.3 Å². The molecule has 0 unspecified atom stereocenters. The molecule has 14 atom stereocenters. The summed E-state index contributed by atoms with van der Waals surface area (Å²) in [5.74, 6) is -1.88. The van der Waals surface area contributed by atoms with Crippen LogP contribution in [-0.4, -0.2) is 154 Å². The summed E-state index contributed by atoms with van der Waals surface area (Å²) in [7, 11) is 3.86. The lowest BCUT2D eigenvalue weighted by Crippen LogP contribution is -2.60. The lowest BCUT2D eigenvalue weighted by Gasteiger charge is -2.48. The van der Waals surface area contributed by atoms with Crippen molar-refractivity contribution >= 4 is 39.4 Å². The minimum atomic E-state index is -1.15. The molecule has 4 fully saturated rings. The molecule has 1 amide bonds. The molecule has 63 heavy (non-hydrogen) atoms. The zero-order valence-corrected chi connectivity index (χ0v) is 39.7. The van der Waals surface area contributed by atoms with Gasteiger partial charge in [-0.2, -0.15) is 0 Å². The van der Waals surface area contributed by atoms with E-state index in [0.717, 1.165) is 10.2 Å². The Hall–Kier alpha value is -3.65. The van der Waals surface area contributed by atoms with Crippen molar-refractivity contribution in [2.45, 2.75) is 141 Å². The highest BCUT2D eigenvalue weighted by Gasteiger charge is 2.60. The molecule has 0 saturated carbocycles. The van der Waals surface area contributed by atoms with Gasteiger partial charge < -0.3 is 43.3 Å². The number of aliphatic hydroxyl groups is 1. The number of oxime groups is 1. The number of hydrogen-bond acceptors (Lipinski definition) is 16. The van der Waals surface area contributed by atoms with Crippen LogP contribution in [0.15, 0.2) is 45.2 Å². The summed E-state index contributed by atoms with van der Waals surface area (Å²) >= 11 is 3.37. The minimum absolute atomic E-state index is 0.0108. The molecule has 5 aliphatic rings. The van der Waals surface area contributed by atoms with Crippen molar-refractivity contribution in [3.05, 3.63) is 40.8 Å². The molecule has 7 heterocycles. The number of aliphatic hydroxyl groups excluding tert-OH is 1. The molecule has 0 aromatic carbocycles. The Bertz CT molecular complexity index is 2010. The first kappa shape index (κ1) is 47.3. The molecule has 5 aliphatic heterocycles. The molecule has 2 aromatic rings. The van der Waals surface area contributed by atoms with E-state index in [1.54, 1.807) is 24.2 Å². The van der Waals surface area contributed by atoms with Crippen LogP contribution in [0, 0.1) is 23.7 Å². The summed E-state index contributed by atoms with van der Waals surface area (Å²) < 4.78 is 40.7. The molecule has 4 bridgehead atoms. The second-order valence-electron chi connectivity index (χ2n) is 18.5. The monoisotopic (exact) mass is 941 g/mol. The van der Waals surface area contributed by atoms with Crippen molar-refractivity contribution in [3.63, 3.8) is 0 Å². The summed E-state index contributed by atoms with van der Waals surface area (Å²) in [5.41, 5.74) is 0.262. The number of pyridine rings is 1. The maximum absolute atomic E-state index is 14.6. The number of hydrogen-bond donors (Lipinski definition) is 1. The predicted molar refractivity (Wildman–Crippen MR) is 236 cm³/mol. The standard InChI is InChI=1S/C45H64BrN7O10/c1-11-34-45(8)38-26(4)35(47-15-16-53(38)43(56)63-45)24(2)18-44(7)39(62-42-36(54)33(52(9)10)17-25(3)60-42)27(5)37(28(6)41(55)61-34)57-21-31(22-58-44)51-59-23-30-13-12-14-32(50-30)40-48-19-29(46)20-49-40/h12-14,19-20,24-28,33-34,36-39,42,54H,11,15-18,21-23H2,1-10H3/t24-,25+,26+,27-,28-,33-,34+,36+,37+,38-,39+,42-,44-,45-/m1/s1. The quantitative estimate of drug-likeness (QED) is 0.260. The van der Waals surface area contributed by atoms with Crippen molar-refractivity contribution in [1.82, 2.24) is 24.8 Å². The van der Waals surface area contributed by atoms with Gasteiger partial charge in [0, 0.05) is 42.5 Å². The Morgan fingerprint density at radius 3 is 2.52 bits per heavy atom. The number of esters is 1. The van der Waals surface area contributed by atoms with Crippen LogP contribution in [-0.2, 0) is 44.7 Å². The van der Waals surface area contributed by atoms with Crippen molar-refractivity contribution in [1.29, 1.82) is 0 Å². The van der Waals surface area contributed by atoms with Gasteiger partial charge in [-0.1, -0.05) is 38.9 Å². The van der Waals surface area contributed by atoms with Crippen molar-refractivity contribution in [2.75, 3.05) is 40.4 Å². The number of carbonyl (C=O) groups is 2. The lowest BCUT2D eigenvalue weighted by molar-refractivity contribution is -0.302. The van der Waals surface area contributed by atoms with Gasteiger partial charge >= 0.3 is 12.1 Å². The first-order chi connectivity index (χ1) is 29.9. The van der Waals surface area contributed by atoms with Gasteiger partial charge in [0.25, 0.3) is 0 Å². The van der Waals surface area contributed by atoms with Crippen LogP contribution < -0.4 is 0 Å². The van der Waals surface area contributed by atoms with E-state index in [-0.39, 0.29) is 43.8 Å². The summed E-state index contributed by atoms with van der Waals surface area (Å²) in [5, 5.41) is 16.4. The van der Waals surface area contributed by atoms with Gasteiger partial charge in [0.2, 0.25) is 0 Å². The van der Waals surface area contributed by atoms with E-state index >= 15 is 0 Å². The van der Waals surface area contributed by atoms with Crippen LogP contribution in [0.3, 0.4) is 0 Å². The molecule has 0 spiro atoms. The van der Waals surface area contributed by atoms with Gasteiger partial charge in [-0.15, -0.1) is 0 Å². The Morgan fingerprint density at radius 2 is 1.81 bits per heavy atom. The number of rotatable bonds is 8. The normalized spacial score (nSPS) is 38.5. The lowest BCUT2D eigenvalue weighted by atomic mass is 9.72. The van der Waals surface area contributed by atoms with E-state index < -0.39 is 71.8 Å². The van der Waals surface area contributed by atoms with E-state index in [9.17, 15) is 14.7 Å². The fourth-order valence-electron chi connectivity index (χ4n) is 10.5. The van der Waals surface area contributed by atoms with Crippen molar-refractivity contribution in [2.24, 2.45) is 33.8 Å². The first-order valence-electron chi connectivity index (χ1n) is 22.2. The van der Waals surface area contributed by atoms with Crippen LogP contribution in [0.2, 0.25) is 0 Å². The average Bonchev–Trinajstić information content (AvgIpc) is 3.39. The van der Waals surface area contributed by atoms with Crippen molar-refractivity contribution in [3.8, 4) is 11.5 Å². The number of cyclic esters (lactones) is 1. The Morgan fingerprint density at radius 1 is 1.06 bits per heavy atom. The number of halogens is 1. The Kier molecular flexibility index (Phi) is 14.6. The van der Waals surface area contributed by atoms with E-state index in [0.29, 0.717) is 55.3 Å². The molecule has 17 nitrogen and oxygen atoms in total. The molecule has 4 saturated heterocycles. The van der Waals surface area contributed by atoms with E-state index in [1.807, 2.05) is 71.8 Å². The molecule has 7 rings (SSSR count). The SMILES string of the molecule is CC[C@@H]1OC(=O)[C@H](C)[C@H]2OCC(=NOCc3cccc(-c4ncc(Br)cn4)n3)CO[C@](C)(C[C@@H](C)C3=NCCN4C(=O)O[C@@]1(C)[C@H]4[C@H]3C)[C@@H](O[C@H]1O[C@@H](C)C[C@@H](N(C)C)[C@@H]1O)[C@@H]2C. The van der Waals surface area contributed by atoms with E-state index in [1.165, 1.54) is 0 Å². The highest BCUT2D eigenvalue weighted by molar-refractivity contribution is 9.10. The highest BCUT2D eigenvalue weighted by atomic mass is 79.9. The largest absolute Gasteiger partial charge is 0.458 e. The van der Waals surface area contributed by atoms with Gasteiger partial charge in [0.05, 0.1) is 65.8 Å². The molecule has 346 valence electrons. The Balaban J connectivity index is 1.28. The number of carbonyl (C=O) groups excluding carboxylic acids is 2. The maximum atomic E-state index is 14.6. The van der Waals surface area contributed by atoms with Gasteiger partial charge in [-0.3, -0.25) is 14.7 Å². The fraction of sp³-hybridized carbons (Fsp3) is 0.711. The summed E-state index contributed by atoms with van der Waals surface area (Å²) in [6.07, 6.45) is -0.283. The first-order valence-corrected chi connectivity index (χ1v) is 23.0. The van der Waals surface area contributed by atoms with Gasteiger partial charge in [-0.25, -0.2) is 19.7 Å². The third-order valence-electron chi connectivity index (χ3n) is 13.6. The average molecular weight is 943 g/mol. The zero-order chi connectivity index (χ0) is 45.4. The number of amides is 1. The molecular formula is C45H64BrN7O10. The van der Waals surface area contributed by atoms with Crippen LogP contribution in [0.5, 0.6) is 0 Å². The third kappa shape index (κ3) is 9.82. The number of aliphatic imine (C=N–C) groups is 1. The summed E-state index contributed by atoms with van der Waals surface area (Å²) in [6.45, 7) is 16.5. The minimum Gasteiger partial charge on any atom is -0.458 e. The van der Waals surface area contributed by atoms with Crippen LogP contribution in [0.25, 0.3) is 11.5 Å². The molecule has 18 heteroatoms. The van der Waals surface area contributed by atoms with Crippen molar-refractivity contribution < 1.29 is 48.0 Å². The van der Waals surface area contributed by atoms with Gasteiger partial charge in [0.1, 0.15) is 23.6 Å². The predicted octanol–water partition coefficient (Wildman–Crippen LogP) is 5.46. The second kappa shape index (κ2) is 19.4. The van der Waals surface area contributed by atoms with Crippen LogP contribution in [0.1, 0.15) is 80.3 Å². The number of aromatic nitrogens is 3. The van der Waals surface area contributed by atoms with Crippen LogP contribution >= 0.6 is 15.9 Å². The number of ether oxygens (including phenoxy) is 6. The van der Waals surface area contributed by atoms with Gasteiger partial charge in [-0.05, 0) is 95.0 Å². The summed E-state index contributed by atoms with van der Waals surface area (Å²) in [4.78, 5) is 56.4. The number of fused-ring (bicyclic) bond motifs is 4. The van der Waals surface area contributed by atoms with Crippen LogP contribution in [0.4, 0.5) is 4.79 Å². The third-order valence-corrected chi connectivity index (χ3v) is 14.0. The highest BCUT2D eigenvalue weighted by Crippen LogP contribution is 2.45. The van der Waals surface area contributed by atoms with E-state index in [2.05, 4.69) is 49.9 Å². The fourth-order valence-corrected chi connectivity index (χ4v) is 10.7.